The molecule has 0 aliphatic carbocycles. The monoisotopic (exact) mass is 454 g/mol. The Morgan fingerprint density at radius 2 is 1.45 bits per heavy atom. The molecule has 6 N–H and O–H groups in total. The fourth-order valence-corrected chi connectivity index (χ4v) is 2.26. The van der Waals surface area contributed by atoms with Crippen molar-refractivity contribution in [1.82, 2.24) is 0 Å². The topological polar surface area (TPSA) is 156 Å². The molecule has 31 heavy (non-hydrogen) atoms. The number of phenols is 2. The van der Waals surface area contributed by atoms with Gasteiger partial charge in [-0.25, -0.2) is 9.59 Å². The fourth-order valence-electron chi connectivity index (χ4n) is 2.00. The van der Waals surface area contributed by atoms with Gasteiger partial charge in [-0.2, -0.15) is 0 Å². The van der Waals surface area contributed by atoms with Gasteiger partial charge in [0.15, 0.2) is 0 Å². The number of aryl methyl sites for hydroxylation is 1. The number of benzene rings is 2. The number of hydrogen-bond acceptors (Lipinski definition) is 6. The summed E-state index contributed by atoms with van der Waals surface area (Å²) in [6, 6.07) is 9.69. The average Bonchev–Trinajstić information content (AvgIpc) is 2.76. The van der Waals surface area contributed by atoms with Crippen LogP contribution in [0.4, 0.5) is 0 Å². The van der Waals surface area contributed by atoms with Crippen LogP contribution in [0.25, 0.3) is 0 Å². The van der Waals surface area contributed by atoms with E-state index in [1.54, 1.807) is 0 Å². The van der Waals surface area contributed by atoms with E-state index in [2.05, 4.69) is 4.17 Å². The Morgan fingerprint density at radius 1 is 0.935 bits per heavy atom. The van der Waals surface area contributed by atoms with Crippen molar-refractivity contribution in [3.8, 4) is 11.5 Å². The Bertz CT molecular complexity index is 762. The Hall–Kier alpha value is -1.10. The minimum atomic E-state index is -0.986. The summed E-state index contributed by atoms with van der Waals surface area (Å²) in [4.78, 5) is 21.0. The zero-order valence-corrected chi connectivity index (χ0v) is 22.4. The van der Waals surface area contributed by atoms with E-state index in [0.29, 0.717) is 12.0 Å². The summed E-state index contributed by atoms with van der Waals surface area (Å²) >= 11 is 2.28. The van der Waals surface area contributed by atoms with Crippen molar-refractivity contribution in [3.05, 3.63) is 59.2 Å². The molecule has 162 valence electrons. The van der Waals surface area contributed by atoms with Gasteiger partial charge in [0.2, 0.25) is 0 Å². The van der Waals surface area contributed by atoms with Crippen LogP contribution in [0.2, 0.25) is 7.84 Å². The number of carboxylic acid groups (broad SMARTS) is 2. The number of rotatable bonds is 6. The summed E-state index contributed by atoms with van der Waals surface area (Å²) in [6.45, 7) is 1.89. The number of aromatic carboxylic acids is 2. The molecule has 0 bridgehead atoms. The molecule has 2 aromatic rings. The third kappa shape index (κ3) is 15.4. The van der Waals surface area contributed by atoms with Crippen LogP contribution < -0.4 is 0 Å². The van der Waals surface area contributed by atoms with E-state index in [9.17, 15) is 9.59 Å². The van der Waals surface area contributed by atoms with E-state index in [1.165, 1.54) is 70.4 Å². The number of aromatic hydroxyl groups is 2. The summed E-state index contributed by atoms with van der Waals surface area (Å²) in [5, 5.41) is 51.7. The number of aliphatic hydroxyl groups excluding tert-OH is 2. The molecule has 0 amide bonds. The molecule has 0 aliphatic heterocycles. The van der Waals surface area contributed by atoms with Gasteiger partial charge in [0.1, 0.15) is 11.5 Å². The van der Waals surface area contributed by atoms with Crippen LogP contribution >= 0.6 is 0 Å². The van der Waals surface area contributed by atoms with Gasteiger partial charge in [-0.1, -0.05) is 13.3 Å². The van der Waals surface area contributed by atoms with Crippen molar-refractivity contribution < 1.29 is 40.2 Å². The molecule has 0 saturated carbocycles. The fraction of sp³-hybridized carbons (Fsp3) is 0.333. The normalized spacial score (nSPS) is 10.2. The van der Waals surface area contributed by atoms with Crippen molar-refractivity contribution in [1.29, 1.82) is 0 Å². The van der Waals surface area contributed by atoms with E-state index < -0.39 is 18.0 Å². The molecule has 2 rings (SSSR count). The second-order valence-electron chi connectivity index (χ2n) is 5.99. The van der Waals surface area contributed by atoms with Crippen molar-refractivity contribution in [3.63, 3.8) is 0 Å². The molecular formula is C21H28Na2O8. The first-order valence-electron chi connectivity index (χ1n) is 10.0. The van der Waals surface area contributed by atoms with Crippen molar-refractivity contribution in [2.45, 2.75) is 33.7 Å². The van der Waals surface area contributed by atoms with Crippen LogP contribution in [0.3, 0.4) is 0 Å². The summed E-state index contributed by atoms with van der Waals surface area (Å²) in [5.74, 6) is -1.73. The Kier molecular flexibility index (Phi) is 20.3. The zero-order valence-electron chi connectivity index (χ0n) is 18.4. The molecule has 0 aromatic heterocycles. The third-order valence-corrected chi connectivity index (χ3v) is 4.58. The zero-order chi connectivity index (χ0) is 24.4. The van der Waals surface area contributed by atoms with Gasteiger partial charge >= 0.3 is 98.6 Å². The number of carboxylic acids is 2. The molecule has 0 aliphatic rings. The second kappa shape index (κ2) is 19.6. The Labute approximate surface area is 217 Å². The molecule has 10 heteroatoms. The van der Waals surface area contributed by atoms with Crippen LogP contribution in [-0.4, -0.2) is 111 Å². The summed E-state index contributed by atoms with van der Waals surface area (Å²) in [7, 11) is 0. The van der Waals surface area contributed by atoms with E-state index in [4.69, 9.17) is 30.6 Å². The van der Waals surface area contributed by atoms with E-state index in [-0.39, 0.29) is 29.2 Å². The van der Waals surface area contributed by atoms with Crippen LogP contribution in [-0.2, 0) is 6.42 Å². The van der Waals surface area contributed by atoms with Gasteiger partial charge in [-0.3, -0.25) is 0 Å². The molecule has 1 unspecified atom stereocenters. The first-order valence-corrected chi connectivity index (χ1v) is 13.4. The van der Waals surface area contributed by atoms with Crippen molar-refractivity contribution in [2.24, 2.45) is 0 Å². The molecular weight excluding hydrogens is 426 g/mol. The van der Waals surface area contributed by atoms with Crippen molar-refractivity contribution >= 4 is 67.8 Å². The molecule has 0 radical (unpaired) electrons. The van der Waals surface area contributed by atoms with Gasteiger partial charge < -0.3 is 20.4 Å². The van der Waals surface area contributed by atoms with Gasteiger partial charge in [0.05, 0.1) is 11.1 Å². The second-order valence-corrected chi connectivity index (χ2v) is 6.81. The SMILES string of the molecule is CCCc1cc(O)ccc1C(=O)O.O=C(O)c1ccc(O)cc1.OCC(O)[CH2][Na].[CH3][Na]. The molecule has 0 spiro atoms. The van der Waals surface area contributed by atoms with Gasteiger partial charge in [0, 0.05) is 0 Å². The molecule has 8 nitrogen and oxygen atoms in total. The molecule has 2 aromatic carbocycles. The standard InChI is InChI=1S/C10H12O3.C7H6O3.C3H7O2.CH3.2Na/c1-2-3-7-6-8(11)4-5-9(7)10(12)13;8-6-3-1-5(2-4-6)7(9)10;1-3(5)2-4;;;/h4-6,11H,2-3H2,1H3,(H,12,13);1-4,8H,(H,9,10);3-5H,1-2H2;1H3;;. The quantitative estimate of drug-likeness (QED) is 0.363. The maximum atomic E-state index is 10.7. The van der Waals surface area contributed by atoms with Crippen LogP contribution in [0, 0.1) is 0 Å². The summed E-state index contributed by atoms with van der Waals surface area (Å²) < 4.78 is 2.91. The average molecular weight is 454 g/mol. The first-order chi connectivity index (χ1) is 14.7. The predicted molar refractivity (Wildman–Crippen MR) is 119 cm³/mol. The molecule has 0 fully saturated rings. The predicted octanol–water partition coefficient (Wildman–Crippen LogP) is 2.26. The summed E-state index contributed by atoms with van der Waals surface area (Å²) in [5.41, 5.74) is 1.15. The van der Waals surface area contributed by atoms with E-state index >= 15 is 0 Å². The third-order valence-electron chi connectivity index (χ3n) is 3.63. The minimum absolute atomic E-state index is 0.0741. The maximum absolute atomic E-state index is 10.7. The first kappa shape index (κ1) is 32.1. The van der Waals surface area contributed by atoms with Gasteiger partial charge in [-0.05, 0) is 54.4 Å². The number of hydrogen-bond donors (Lipinski definition) is 6. The number of aliphatic hydroxyl groups is 2. The molecule has 0 saturated heterocycles. The Morgan fingerprint density at radius 3 is 1.81 bits per heavy atom. The Balaban J connectivity index is 0. The number of phenolic OH excluding ortho intramolecular Hbond substituents is 2. The molecule has 1 atom stereocenters. The van der Waals surface area contributed by atoms with Gasteiger partial charge in [0.25, 0.3) is 0 Å². The van der Waals surface area contributed by atoms with Crippen LogP contribution in [0.5, 0.6) is 11.5 Å². The van der Waals surface area contributed by atoms with Crippen molar-refractivity contribution in [2.75, 3.05) is 6.61 Å². The van der Waals surface area contributed by atoms with Crippen LogP contribution in [0.1, 0.15) is 39.6 Å². The van der Waals surface area contributed by atoms with Crippen LogP contribution in [0.15, 0.2) is 42.5 Å². The summed E-state index contributed by atoms with van der Waals surface area (Å²) in [6.07, 6.45) is 1.09. The number of carbonyl (C=O) groups is 2. The van der Waals surface area contributed by atoms with E-state index in [0.717, 1.165) is 38.0 Å². The van der Waals surface area contributed by atoms with Gasteiger partial charge in [-0.15, -0.1) is 0 Å². The van der Waals surface area contributed by atoms with E-state index in [1.807, 2.05) is 6.92 Å². The molecule has 0 heterocycles.